The Bertz CT molecular complexity index is 1530. The number of ether oxygens (including phenoxy) is 1. The van der Waals surface area contributed by atoms with Crippen LogP contribution < -0.4 is 10.2 Å². The van der Waals surface area contributed by atoms with Crippen molar-refractivity contribution in [3.8, 4) is 11.5 Å². The van der Waals surface area contributed by atoms with Gasteiger partial charge in [0.15, 0.2) is 0 Å². The molecule has 0 aliphatic carbocycles. The van der Waals surface area contributed by atoms with E-state index in [4.69, 9.17) is 27.9 Å². The van der Waals surface area contributed by atoms with Crippen LogP contribution in [0.15, 0.2) is 71.1 Å². The summed E-state index contributed by atoms with van der Waals surface area (Å²) >= 11 is 13.9. The molecule has 2 N–H and O–H groups in total. The van der Waals surface area contributed by atoms with E-state index in [2.05, 4.69) is 39.0 Å². The Balaban J connectivity index is 1.22. The Hall–Kier alpha value is -3.36. The third-order valence-electron chi connectivity index (χ3n) is 6.95. The highest BCUT2D eigenvalue weighted by molar-refractivity contribution is 7.10. The maximum Gasteiger partial charge on any atom is 0.271 e. The number of nitrogens with one attached hydrogen (secondary N) is 1. The van der Waals surface area contributed by atoms with E-state index in [-0.39, 0.29) is 16.8 Å². The van der Waals surface area contributed by atoms with E-state index in [0.717, 1.165) is 47.0 Å². The van der Waals surface area contributed by atoms with Gasteiger partial charge in [-0.3, -0.25) is 9.69 Å². The number of benzene rings is 3. The molecule has 1 aromatic heterocycles. The van der Waals surface area contributed by atoms with Crippen LogP contribution in [-0.2, 0) is 6.42 Å². The largest absolute Gasteiger partial charge is 0.506 e. The van der Waals surface area contributed by atoms with E-state index in [1.807, 2.05) is 49.4 Å². The highest BCUT2D eigenvalue weighted by Gasteiger charge is 2.29. The van der Waals surface area contributed by atoms with Crippen LogP contribution in [0.1, 0.15) is 49.1 Å². The first-order chi connectivity index (χ1) is 19.3. The normalized spacial score (nSPS) is 15.2. The Labute approximate surface area is 247 Å². The van der Waals surface area contributed by atoms with Crippen molar-refractivity contribution >= 4 is 46.7 Å². The maximum absolute atomic E-state index is 12.3. The van der Waals surface area contributed by atoms with Crippen molar-refractivity contribution in [1.29, 1.82) is 0 Å². The van der Waals surface area contributed by atoms with Crippen LogP contribution in [0, 0.1) is 13.8 Å². The van der Waals surface area contributed by atoms with Crippen molar-refractivity contribution in [3.63, 3.8) is 0 Å². The van der Waals surface area contributed by atoms with Crippen molar-refractivity contribution in [3.05, 3.63) is 114 Å². The molecule has 1 aliphatic heterocycles. The number of halogens is 2. The van der Waals surface area contributed by atoms with Crippen LogP contribution in [0.4, 0.5) is 0 Å². The molecule has 206 valence electrons. The van der Waals surface area contributed by atoms with Gasteiger partial charge in [0.2, 0.25) is 0 Å². The highest BCUT2D eigenvalue weighted by Crippen LogP contribution is 2.38. The van der Waals surface area contributed by atoms with Crippen LogP contribution in [0.5, 0.6) is 11.5 Å². The lowest BCUT2D eigenvalue weighted by Crippen LogP contribution is -2.38. The molecular weight excluding hydrogens is 565 g/mol. The molecule has 1 atom stereocenters. The molecule has 1 unspecified atom stereocenters. The average molecular weight is 595 g/mol. The van der Waals surface area contributed by atoms with E-state index in [1.54, 1.807) is 6.21 Å². The molecule has 1 aliphatic rings. The lowest BCUT2D eigenvalue weighted by Gasteiger charge is -2.36. The van der Waals surface area contributed by atoms with Crippen LogP contribution in [0.2, 0.25) is 10.0 Å². The molecule has 6 nitrogen and oxygen atoms in total. The molecule has 0 bridgehead atoms. The molecule has 0 spiro atoms. The number of fused-ring (bicyclic) bond motifs is 1. The summed E-state index contributed by atoms with van der Waals surface area (Å²) in [5, 5.41) is 16.6. The van der Waals surface area contributed by atoms with Crippen molar-refractivity contribution in [2.45, 2.75) is 26.3 Å². The molecule has 4 aromatic rings. The molecular formula is C31H29Cl2N3O3S. The van der Waals surface area contributed by atoms with Crippen LogP contribution in [0.3, 0.4) is 0 Å². The maximum atomic E-state index is 12.3. The summed E-state index contributed by atoms with van der Waals surface area (Å²) in [6.45, 7) is 6.33. The number of hydrogen-bond donors (Lipinski definition) is 2. The quantitative estimate of drug-likeness (QED) is 0.168. The number of rotatable bonds is 8. The topological polar surface area (TPSA) is 74.2 Å². The molecule has 9 heteroatoms. The van der Waals surface area contributed by atoms with E-state index in [0.29, 0.717) is 12.2 Å². The molecule has 0 saturated heterocycles. The number of nitrogens with zero attached hydrogens (tertiary/aromatic N) is 2. The van der Waals surface area contributed by atoms with Crippen LogP contribution in [0.25, 0.3) is 0 Å². The minimum Gasteiger partial charge on any atom is -0.506 e. The van der Waals surface area contributed by atoms with Gasteiger partial charge in [0.25, 0.3) is 5.91 Å². The highest BCUT2D eigenvalue weighted by atomic mass is 35.5. The second-order valence-corrected chi connectivity index (χ2v) is 11.6. The zero-order valence-corrected chi connectivity index (χ0v) is 24.5. The summed E-state index contributed by atoms with van der Waals surface area (Å²) in [4.78, 5) is 16.3. The number of aryl methyl sites for hydroxylation is 2. The van der Waals surface area contributed by atoms with E-state index >= 15 is 0 Å². The fourth-order valence-electron chi connectivity index (χ4n) is 5.07. The van der Waals surface area contributed by atoms with Gasteiger partial charge in [-0.1, -0.05) is 35.3 Å². The first-order valence-corrected chi connectivity index (χ1v) is 14.6. The third kappa shape index (κ3) is 6.34. The molecule has 3 aromatic carbocycles. The number of aromatic hydroxyl groups is 1. The van der Waals surface area contributed by atoms with Gasteiger partial charge in [-0.05, 0) is 102 Å². The summed E-state index contributed by atoms with van der Waals surface area (Å²) in [6.07, 6.45) is 2.63. The van der Waals surface area contributed by atoms with Crippen LogP contribution in [-0.4, -0.2) is 41.8 Å². The summed E-state index contributed by atoms with van der Waals surface area (Å²) in [6, 6.07) is 18.8. The van der Waals surface area contributed by atoms with Gasteiger partial charge >= 0.3 is 0 Å². The van der Waals surface area contributed by atoms with E-state index < -0.39 is 5.91 Å². The van der Waals surface area contributed by atoms with Gasteiger partial charge in [-0.15, -0.1) is 11.3 Å². The number of phenolic OH excluding ortho intramolecular Hbond substituents is 1. The number of hydrazone groups is 1. The van der Waals surface area contributed by atoms with Crippen LogP contribution >= 0.6 is 34.5 Å². The predicted octanol–water partition coefficient (Wildman–Crippen LogP) is 7.17. The summed E-state index contributed by atoms with van der Waals surface area (Å²) in [7, 11) is 0. The SMILES string of the molecule is Cc1cc(/C=N\NC(=O)c2ccc(O)c(Cl)c2)cc(C)c1OCCN1CCc2sccc2C1c1ccc(Cl)cc1. The number of amides is 1. The third-order valence-corrected chi connectivity index (χ3v) is 8.50. The van der Waals surface area contributed by atoms with Crippen molar-refractivity contribution < 1.29 is 14.6 Å². The Morgan fingerprint density at radius 1 is 1.12 bits per heavy atom. The molecule has 2 heterocycles. The number of phenols is 1. The first-order valence-electron chi connectivity index (χ1n) is 12.9. The van der Waals surface area contributed by atoms with Crippen molar-refractivity contribution in [1.82, 2.24) is 10.3 Å². The van der Waals surface area contributed by atoms with Gasteiger partial charge in [0.05, 0.1) is 17.3 Å². The number of thiophene rings is 1. The van der Waals surface area contributed by atoms with Crippen molar-refractivity contribution in [2.75, 3.05) is 19.7 Å². The number of hydrogen-bond acceptors (Lipinski definition) is 6. The van der Waals surface area contributed by atoms with Gasteiger partial charge in [-0.25, -0.2) is 5.43 Å². The fraction of sp³-hybridized carbons (Fsp3) is 0.226. The number of carbonyl (C=O) groups excluding carboxylic acids is 1. The fourth-order valence-corrected chi connectivity index (χ4v) is 6.28. The lowest BCUT2D eigenvalue weighted by molar-refractivity contribution is 0.0955. The molecule has 40 heavy (non-hydrogen) atoms. The molecule has 0 saturated carbocycles. The second kappa shape index (κ2) is 12.4. The summed E-state index contributed by atoms with van der Waals surface area (Å²) < 4.78 is 6.31. The zero-order valence-electron chi connectivity index (χ0n) is 22.2. The zero-order chi connectivity index (χ0) is 28.2. The summed E-state index contributed by atoms with van der Waals surface area (Å²) in [5.74, 6) is 0.357. The Morgan fingerprint density at radius 3 is 2.60 bits per heavy atom. The molecule has 1 amide bonds. The van der Waals surface area contributed by atoms with Gasteiger partial charge in [-0.2, -0.15) is 5.10 Å². The molecule has 5 rings (SSSR count). The standard InChI is InChI=1S/C31H29Cl2N3O3S/c1-19-15-21(18-34-35-31(38)23-5-8-27(37)26(33)17-23)16-20(2)30(19)39-13-12-36-11-9-28-25(10-14-40-28)29(36)22-3-6-24(32)7-4-22/h3-8,10,14-18,29,37H,9,11-13H2,1-2H3,(H,35,38)/b34-18-. The molecule has 0 fully saturated rings. The Morgan fingerprint density at radius 2 is 1.88 bits per heavy atom. The summed E-state index contributed by atoms with van der Waals surface area (Å²) in [5.41, 5.74) is 8.23. The van der Waals surface area contributed by atoms with Gasteiger partial charge in [0.1, 0.15) is 18.1 Å². The minimum atomic E-state index is -0.421. The van der Waals surface area contributed by atoms with E-state index in [1.165, 1.54) is 34.2 Å². The second-order valence-electron chi connectivity index (χ2n) is 9.74. The van der Waals surface area contributed by atoms with Gasteiger partial charge in [0, 0.05) is 28.6 Å². The minimum absolute atomic E-state index is 0.0797. The lowest BCUT2D eigenvalue weighted by atomic mass is 9.93. The predicted molar refractivity (Wildman–Crippen MR) is 162 cm³/mol. The average Bonchev–Trinajstić information content (AvgIpc) is 3.41. The Kier molecular flexibility index (Phi) is 8.76. The monoisotopic (exact) mass is 593 g/mol. The van der Waals surface area contributed by atoms with E-state index in [9.17, 15) is 9.90 Å². The van der Waals surface area contributed by atoms with Crippen molar-refractivity contribution in [2.24, 2.45) is 5.10 Å². The first kappa shape index (κ1) is 28.2. The smallest absolute Gasteiger partial charge is 0.271 e. The number of carbonyl (C=O) groups is 1. The van der Waals surface area contributed by atoms with Gasteiger partial charge < -0.3 is 9.84 Å². The molecule has 0 radical (unpaired) electrons.